The lowest BCUT2D eigenvalue weighted by Crippen LogP contribution is -2.02. The van der Waals surface area contributed by atoms with Crippen LogP contribution >= 0.6 is 0 Å². The third-order valence-electron chi connectivity index (χ3n) is 8.61. The smallest absolute Gasteiger partial charge is 0.166 e. The highest BCUT2D eigenvalue weighted by Crippen LogP contribution is 2.50. The fourth-order valence-electron chi connectivity index (χ4n) is 6.66. The molecule has 0 bridgehead atoms. The first-order valence-corrected chi connectivity index (χ1v) is 15.1. The van der Waals surface area contributed by atoms with Crippen molar-refractivity contribution in [3.05, 3.63) is 158 Å². The highest BCUT2D eigenvalue weighted by molar-refractivity contribution is 6.13. The van der Waals surface area contributed by atoms with Crippen LogP contribution in [0.4, 0.5) is 0 Å². The summed E-state index contributed by atoms with van der Waals surface area (Å²) >= 11 is 0. The number of para-hydroxylation sites is 2. The third kappa shape index (κ3) is 4.04. The topological polar surface area (TPSA) is 43.6 Å². The van der Waals surface area contributed by atoms with E-state index in [0.29, 0.717) is 17.5 Å². The first-order chi connectivity index (χ1) is 22.3. The minimum atomic E-state index is 0.647. The Morgan fingerprint density at radius 1 is 0.356 bits per heavy atom. The summed E-state index contributed by atoms with van der Waals surface area (Å²) in [5.74, 6) is 1.94. The number of hydrogen-bond donors (Lipinski definition) is 0. The van der Waals surface area contributed by atoms with Gasteiger partial charge in [-0.15, -0.1) is 0 Å². The molecule has 9 rings (SSSR count). The van der Waals surface area contributed by atoms with E-state index < -0.39 is 0 Å². The fraction of sp³-hybridized carbons (Fsp3) is 0. The Kier molecular flexibility index (Phi) is 5.78. The minimum absolute atomic E-state index is 0.647. The largest absolute Gasteiger partial charge is 0.307 e. The highest BCUT2D eigenvalue weighted by Gasteiger charge is 2.29. The predicted molar refractivity (Wildman–Crippen MR) is 183 cm³/mol. The molecule has 6 aromatic carbocycles. The Labute approximate surface area is 261 Å². The SMILES string of the molecule is c1ccc(-c2nc(-c3ccccc3)nc(-c3c(-c4ccccc4)n4c5c(cccc35)-c3ccccc3-c3ccccc3-4)n2)cc1. The first kappa shape index (κ1) is 25.4. The van der Waals surface area contributed by atoms with Gasteiger partial charge >= 0.3 is 0 Å². The second-order valence-electron chi connectivity index (χ2n) is 11.2. The second-order valence-corrected chi connectivity index (χ2v) is 11.2. The molecule has 0 N–H and O–H groups in total. The number of hydrogen-bond acceptors (Lipinski definition) is 3. The van der Waals surface area contributed by atoms with Gasteiger partial charge in [0.15, 0.2) is 17.5 Å². The summed E-state index contributed by atoms with van der Waals surface area (Å²) in [6.07, 6.45) is 0. The maximum absolute atomic E-state index is 5.22. The van der Waals surface area contributed by atoms with Gasteiger partial charge in [-0.25, -0.2) is 15.0 Å². The Morgan fingerprint density at radius 2 is 0.822 bits per heavy atom. The van der Waals surface area contributed by atoms with Crippen molar-refractivity contribution in [1.82, 2.24) is 19.5 Å². The molecule has 0 saturated carbocycles. The van der Waals surface area contributed by atoms with Crippen LogP contribution in [0.5, 0.6) is 0 Å². The molecule has 210 valence electrons. The van der Waals surface area contributed by atoms with Crippen LogP contribution in [0.15, 0.2) is 158 Å². The predicted octanol–water partition coefficient (Wildman–Crippen LogP) is 10.1. The van der Waals surface area contributed by atoms with E-state index in [0.717, 1.165) is 44.5 Å². The van der Waals surface area contributed by atoms with Crippen LogP contribution in [-0.4, -0.2) is 19.5 Å². The summed E-state index contributed by atoms with van der Waals surface area (Å²) in [5, 5.41) is 1.10. The lowest BCUT2D eigenvalue weighted by Gasteiger charge is -2.16. The van der Waals surface area contributed by atoms with Gasteiger partial charge in [-0.05, 0) is 22.8 Å². The maximum atomic E-state index is 5.22. The van der Waals surface area contributed by atoms with E-state index in [1.807, 2.05) is 36.4 Å². The maximum Gasteiger partial charge on any atom is 0.166 e. The van der Waals surface area contributed by atoms with Crippen LogP contribution in [0.25, 0.3) is 84.3 Å². The number of rotatable bonds is 4. The summed E-state index contributed by atoms with van der Waals surface area (Å²) in [7, 11) is 0. The molecule has 0 spiro atoms. The fourth-order valence-corrected chi connectivity index (χ4v) is 6.66. The van der Waals surface area contributed by atoms with Crippen molar-refractivity contribution < 1.29 is 0 Å². The molecule has 0 fully saturated rings. The van der Waals surface area contributed by atoms with Crippen LogP contribution in [-0.2, 0) is 0 Å². The van der Waals surface area contributed by atoms with Crippen LogP contribution in [0.2, 0.25) is 0 Å². The Balaban J connectivity index is 1.46. The monoisotopic (exact) mass is 574 g/mol. The molecular weight excluding hydrogens is 548 g/mol. The summed E-state index contributed by atoms with van der Waals surface area (Å²) in [6, 6.07) is 55.0. The van der Waals surface area contributed by atoms with Crippen LogP contribution in [0, 0.1) is 0 Å². The average molecular weight is 575 g/mol. The third-order valence-corrected chi connectivity index (χ3v) is 8.61. The second kappa shape index (κ2) is 10.2. The number of nitrogens with zero attached hydrogens (tertiary/aromatic N) is 4. The molecule has 0 amide bonds. The van der Waals surface area contributed by atoms with Crippen molar-refractivity contribution in [2.24, 2.45) is 0 Å². The number of aromatic nitrogens is 4. The van der Waals surface area contributed by atoms with Crippen molar-refractivity contribution in [2.75, 3.05) is 0 Å². The lowest BCUT2D eigenvalue weighted by molar-refractivity contribution is 1.07. The molecule has 0 aliphatic carbocycles. The molecule has 3 heterocycles. The van der Waals surface area contributed by atoms with Gasteiger partial charge in [-0.3, -0.25) is 0 Å². The van der Waals surface area contributed by atoms with Gasteiger partial charge < -0.3 is 4.57 Å². The molecule has 2 aromatic heterocycles. The minimum Gasteiger partial charge on any atom is -0.307 e. The van der Waals surface area contributed by atoms with E-state index in [2.05, 4.69) is 126 Å². The Hall–Kier alpha value is -6.13. The van der Waals surface area contributed by atoms with Gasteiger partial charge in [-0.2, -0.15) is 0 Å². The van der Waals surface area contributed by atoms with E-state index >= 15 is 0 Å². The highest BCUT2D eigenvalue weighted by atomic mass is 15.1. The molecule has 1 aliphatic rings. The Morgan fingerprint density at radius 3 is 1.44 bits per heavy atom. The summed E-state index contributed by atoms with van der Waals surface area (Å²) < 4.78 is 2.43. The van der Waals surface area contributed by atoms with Gasteiger partial charge in [-0.1, -0.05) is 152 Å². The standard InChI is InChI=1S/C41H26N4/c1-4-15-27(16-5-1)37-36(41-43-39(28-17-6-2-7-18-28)42-40(44-41)29-19-8-3-9-20-29)34-25-14-24-33-31-22-11-10-21-30(31)32-23-12-13-26-35(32)45(37)38(33)34/h1-26H. The van der Waals surface area contributed by atoms with Crippen molar-refractivity contribution in [3.63, 3.8) is 0 Å². The van der Waals surface area contributed by atoms with Crippen LogP contribution in [0.1, 0.15) is 0 Å². The number of benzene rings is 6. The van der Waals surface area contributed by atoms with Crippen LogP contribution in [0.3, 0.4) is 0 Å². The molecule has 45 heavy (non-hydrogen) atoms. The Bertz CT molecular complexity index is 2300. The summed E-state index contributed by atoms with van der Waals surface area (Å²) in [5.41, 5.74) is 12.1. The van der Waals surface area contributed by atoms with E-state index in [-0.39, 0.29) is 0 Å². The van der Waals surface area contributed by atoms with E-state index in [1.165, 1.54) is 22.3 Å². The molecule has 1 aliphatic heterocycles. The van der Waals surface area contributed by atoms with Gasteiger partial charge in [0.2, 0.25) is 0 Å². The van der Waals surface area contributed by atoms with E-state index in [4.69, 9.17) is 15.0 Å². The molecule has 0 saturated heterocycles. The molecule has 8 aromatic rings. The summed E-state index contributed by atoms with van der Waals surface area (Å²) in [4.78, 5) is 15.4. The van der Waals surface area contributed by atoms with Crippen LogP contribution < -0.4 is 0 Å². The lowest BCUT2D eigenvalue weighted by atomic mass is 9.93. The average Bonchev–Trinajstić information content (AvgIpc) is 3.42. The first-order valence-electron chi connectivity index (χ1n) is 15.1. The molecule has 0 radical (unpaired) electrons. The van der Waals surface area contributed by atoms with Crippen molar-refractivity contribution >= 4 is 10.9 Å². The van der Waals surface area contributed by atoms with E-state index in [1.54, 1.807) is 0 Å². The normalized spacial score (nSPS) is 11.6. The zero-order valence-corrected chi connectivity index (χ0v) is 24.3. The molecule has 0 unspecified atom stereocenters. The van der Waals surface area contributed by atoms with Gasteiger partial charge in [0.05, 0.1) is 22.5 Å². The van der Waals surface area contributed by atoms with Crippen molar-refractivity contribution in [2.45, 2.75) is 0 Å². The zero-order chi connectivity index (χ0) is 29.7. The van der Waals surface area contributed by atoms with Gasteiger partial charge in [0, 0.05) is 27.6 Å². The quantitative estimate of drug-likeness (QED) is 0.210. The van der Waals surface area contributed by atoms with Gasteiger partial charge in [0.25, 0.3) is 0 Å². The zero-order valence-electron chi connectivity index (χ0n) is 24.3. The molecular formula is C41H26N4. The van der Waals surface area contributed by atoms with Crippen molar-refractivity contribution in [1.29, 1.82) is 0 Å². The van der Waals surface area contributed by atoms with E-state index in [9.17, 15) is 0 Å². The van der Waals surface area contributed by atoms with Crippen molar-refractivity contribution in [3.8, 4) is 73.4 Å². The summed E-state index contributed by atoms with van der Waals surface area (Å²) in [6.45, 7) is 0. The molecule has 0 atom stereocenters. The number of fused-ring (bicyclic) bond motifs is 5. The van der Waals surface area contributed by atoms with Gasteiger partial charge in [0.1, 0.15) is 0 Å². The molecule has 4 nitrogen and oxygen atoms in total. The molecule has 4 heteroatoms.